The Labute approximate surface area is 84.1 Å². The van der Waals surface area contributed by atoms with E-state index in [2.05, 4.69) is 35.6 Å². The third-order valence-electron chi connectivity index (χ3n) is 2.89. The lowest BCUT2D eigenvalue weighted by molar-refractivity contribution is -0.102. The van der Waals surface area contributed by atoms with Crippen molar-refractivity contribution in [1.82, 2.24) is 0 Å². The van der Waals surface area contributed by atoms with Gasteiger partial charge in [0.2, 0.25) is 0 Å². The van der Waals surface area contributed by atoms with Crippen LogP contribution in [-0.4, -0.2) is 19.2 Å². The van der Waals surface area contributed by atoms with Crippen molar-refractivity contribution in [3.63, 3.8) is 0 Å². The Morgan fingerprint density at radius 3 is 2.08 bits per heavy atom. The quantitative estimate of drug-likeness (QED) is 0.551. The van der Waals surface area contributed by atoms with Gasteiger partial charge in [-0.15, -0.1) is 0 Å². The summed E-state index contributed by atoms with van der Waals surface area (Å²) in [7, 11) is -1.26. The first-order chi connectivity index (χ1) is 5.33. The van der Waals surface area contributed by atoms with Crippen LogP contribution in [-0.2, 0) is 4.43 Å². The Kier molecular flexibility index (Phi) is 1.82. The monoisotopic (exact) mass is 248 g/mol. The van der Waals surface area contributed by atoms with Gasteiger partial charge in [-0.1, -0.05) is 15.9 Å². The predicted molar refractivity (Wildman–Crippen MR) is 57.2 cm³/mol. The van der Waals surface area contributed by atoms with E-state index in [1.807, 2.05) is 0 Å². The Hall–Kier alpha value is 0.657. The van der Waals surface area contributed by atoms with Crippen LogP contribution in [0.4, 0.5) is 0 Å². The van der Waals surface area contributed by atoms with E-state index in [1.54, 1.807) is 0 Å². The van der Waals surface area contributed by atoms with E-state index in [1.165, 1.54) is 19.3 Å². The summed E-state index contributed by atoms with van der Waals surface area (Å²) in [6, 6.07) is 0. The van der Waals surface area contributed by atoms with E-state index in [0.29, 0.717) is 9.74 Å². The summed E-state index contributed by atoms with van der Waals surface area (Å²) in [5.41, 5.74) is 0.601. The van der Waals surface area contributed by atoms with Crippen molar-refractivity contribution >= 4 is 24.2 Å². The maximum absolute atomic E-state index is 5.94. The molecule has 0 heterocycles. The van der Waals surface area contributed by atoms with Crippen LogP contribution < -0.4 is 0 Å². The second-order valence-corrected chi connectivity index (χ2v) is 11.8. The molecule has 12 heavy (non-hydrogen) atoms. The highest BCUT2D eigenvalue weighted by Gasteiger charge is 2.66. The predicted octanol–water partition coefficient (Wildman–Crippen LogP) is 3.16. The lowest BCUT2D eigenvalue weighted by Crippen LogP contribution is -2.65. The average Bonchev–Trinajstić information content (AvgIpc) is 1.73. The van der Waals surface area contributed by atoms with Crippen molar-refractivity contribution in [2.24, 2.45) is 5.41 Å². The summed E-state index contributed by atoms with van der Waals surface area (Å²) >= 11 is 3.74. The fourth-order valence-electron chi connectivity index (χ4n) is 2.38. The first-order valence-electron chi connectivity index (χ1n) is 4.66. The molecule has 0 aromatic rings. The first-order valence-corrected chi connectivity index (χ1v) is 8.86. The fraction of sp³-hybridized carbons (Fsp3) is 1.00. The molecule has 0 aromatic carbocycles. The van der Waals surface area contributed by atoms with Crippen LogP contribution in [0.15, 0.2) is 0 Å². The molecule has 0 N–H and O–H groups in total. The SMILES string of the molecule is C[Si](C)(C)OCC12CC(Br)(C1)C2. The Balaban J connectivity index is 1.77. The van der Waals surface area contributed by atoms with Crippen LogP contribution in [0.3, 0.4) is 0 Å². The summed E-state index contributed by atoms with van der Waals surface area (Å²) in [6.45, 7) is 7.82. The van der Waals surface area contributed by atoms with Gasteiger partial charge in [-0.25, -0.2) is 0 Å². The van der Waals surface area contributed by atoms with Gasteiger partial charge >= 0.3 is 0 Å². The minimum Gasteiger partial charge on any atom is -0.417 e. The zero-order chi connectivity index (χ0) is 9.04. The van der Waals surface area contributed by atoms with Gasteiger partial charge in [-0.05, 0) is 44.3 Å². The summed E-state index contributed by atoms with van der Waals surface area (Å²) < 4.78 is 6.49. The summed E-state index contributed by atoms with van der Waals surface area (Å²) in [6.07, 6.45) is 4.06. The van der Waals surface area contributed by atoms with Crippen LogP contribution in [0.5, 0.6) is 0 Å². The first kappa shape index (κ1) is 9.22. The number of hydrogen-bond donors (Lipinski definition) is 0. The molecule has 1 nitrogen and oxygen atoms in total. The number of rotatable bonds is 3. The standard InChI is InChI=1S/C9H17BrOSi/c1-12(2,3)11-7-8-4-9(10,5-8)6-8/h4-7H2,1-3H3. The largest absolute Gasteiger partial charge is 0.417 e. The maximum Gasteiger partial charge on any atom is 0.183 e. The van der Waals surface area contributed by atoms with E-state index in [4.69, 9.17) is 4.43 Å². The van der Waals surface area contributed by atoms with Gasteiger partial charge in [0, 0.05) is 10.9 Å². The molecule has 3 rings (SSSR count). The van der Waals surface area contributed by atoms with E-state index in [9.17, 15) is 0 Å². The Morgan fingerprint density at radius 2 is 1.75 bits per heavy atom. The van der Waals surface area contributed by atoms with E-state index >= 15 is 0 Å². The van der Waals surface area contributed by atoms with Crippen LogP contribution in [0.1, 0.15) is 19.3 Å². The number of alkyl halides is 1. The van der Waals surface area contributed by atoms with Crippen LogP contribution in [0.25, 0.3) is 0 Å². The van der Waals surface area contributed by atoms with Crippen LogP contribution in [0, 0.1) is 5.41 Å². The van der Waals surface area contributed by atoms with E-state index in [0.717, 1.165) is 6.61 Å². The lowest BCUT2D eigenvalue weighted by atomic mass is 9.44. The summed E-state index contributed by atoms with van der Waals surface area (Å²) in [5, 5.41) is 0. The minimum absolute atomic E-state index is 0.551. The fourth-order valence-corrected chi connectivity index (χ4v) is 4.91. The number of hydrogen-bond acceptors (Lipinski definition) is 1. The van der Waals surface area contributed by atoms with Gasteiger partial charge in [-0.3, -0.25) is 0 Å². The van der Waals surface area contributed by atoms with Crippen molar-refractivity contribution < 1.29 is 4.43 Å². The second kappa shape index (κ2) is 2.37. The molecular weight excluding hydrogens is 232 g/mol. The van der Waals surface area contributed by atoms with E-state index < -0.39 is 8.32 Å². The molecule has 0 spiro atoms. The maximum atomic E-state index is 5.94. The molecule has 70 valence electrons. The zero-order valence-electron chi connectivity index (χ0n) is 8.11. The molecule has 0 unspecified atom stereocenters. The molecule has 0 amide bonds. The zero-order valence-corrected chi connectivity index (χ0v) is 10.7. The van der Waals surface area contributed by atoms with Gasteiger partial charge in [0.25, 0.3) is 0 Å². The van der Waals surface area contributed by atoms with Gasteiger partial charge in [0.15, 0.2) is 8.32 Å². The second-order valence-electron chi connectivity index (χ2n) is 5.58. The third-order valence-corrected chi connectivity index (χ3v) is 4.74. The van der Waals surface area contributed by atoms with Crippen LogP contribution >= 0.6 is 15.9 Å². The lowest BCUT2D eigenvalue weighted by Gasteiger charge is -2.68. The van der Waals surface area contributed by atoms with Crippen molar-refractivity contribution in [2.45, 2.75) is 43.2 Å². The van der Waals surface area contributed by atoms with Crippen molar-refractivity contribution in [3.8, 4) is 0 Å². The van der Waals surface area contributed by atoms with Gasteiger partial charge in [-0.2, -0.15) is 0 Å². The molecule has 3 fully saturated rings. The smallest absolute Gasteiger partial charge is 0.183 e. The molecule has 3 aliphatic carbocycles. The van der Waals surface area contributed by atoms with Crippen LogP contribution in [0.2, 0.25) is 19.6 Å². The molecule has 0 aromatic heterocycles. The highest BCUT2D eigenvalue weighted by atomic mass is 79.9. The van der Waals surface area contributed by atoms with Gasteiger partial charge in [0.1, 0.15) is 0 Å². The van der Waals surface area contributed by atoms with Crippen molar-refractivity contribution in [1.29, 1.82) is 0 Å². The third kappa shape index (κ3) is 1.51. The molecule has 3 saturated carbocycles. The minimum atomic E-state index is -1.26. The Morgan fingerprint density at radius 1 is 1.25 bits per heavy atom. The number of halogens is 1. The molecule has 0 saturated heterocycles. The van der Waals surface area contributed by atoms with Crippen molar-refractivity contribution in [3.05, 3.63) is 0 Å². The molecule has 3 aliphatic rings. The molecule has 0 atom stereocenters. The highest BCUT2D eigenvalue weighted by molar-refractivity contribution is 9.10. The molecule has 3 heteroatoms. The molecule has 0 aliphatic heterocycles. The van der Waals surface area contributed by atoms with Gasteiger partial charge in [0.05, 0.1) is 0 Å². The molecule has 2 bridgehead atoms. The molecular formula is C9H17BrOSi. The Bertz CT molecular complexity index is 189. The van der Waals surface area contributed by atoms with Crippen molar-refractivity contribution in [2.75, 3.05) is 6.61 Å². The topological polar surface area (TPSA) is 9.23 Å². The van der Waals surface area contributed by atoms with Gasteiger partial charge < -0.3 is 4.43 Å². The average molecular weight is 249 g/mol. The van der Waals surface area contributed by atoms with E-state index in [-0.39, 0.29) is 0 Å². The molecule has 0 radical (unpaired) electrons. The summed E-state index contributed by atoms with van der Waals surface area (Å²) in [4.78, 5) is 0. The highest BCUT2D eigenvalue weighted by Crippen LogP contribution is 2.71. The summed E-state index contributed by atoms with van der Waals surface area (Å²) in [5.74, 6) is 0. The normalized spacial score (nSPS) is 45.0.